The Bertz CT molecular complexity index is 397. The molecule has 16 heavy (non-hydrogen) atoms. The first-order valence-corrected chi connectivity index (χ1v) is 4.66. The molecule has 0 N–H and O–H groups in total. The van der Waals surface area contributed by atoms with Crippen molar-refractivity contribution in [3.05, 3.63) is 52.6 Å². The summed E-state index contributed by atoms with van der Waals surface area (Å²) in [6, 6.07) is 6.12. The van der Waals surface area contributed by atoms with E-state index in [2.05, 4.69) is 6.58 Å². The summed E-state index contributed by atoms with van der Waals surface area (Å²) >= 11 is 0. The van der Waals surface area contributed by atoms with E-state index in [1.165, 1.54) is 12.1 Å². The summed E-state index contributed by atoms with van der Waals surface area (Å²) in [5, 5.41) is 10.4. The van der Waals surface area contributed by atoms with E-state index in [4.69, 9.17) is 4.74 Å². The van der Waals surface area contributed by atoms with Gasteiger partial charge in [-0.3, -0.25) is 10.1 Å². The predicted molar refractivity (Wildman–Crippen MR) is 58.0 cm³/mol. The molecular weight excluding hydrogens is 210 g/mol. The van der Waals surface area contributed by atoms with E-state index in [1.807, 2.05) is 0 Å². The molecule has 1 rings (SSSR count). The van der Waals surface area contributed by atoms with Crippen molar-refractivity contribution in [3.63, 3.8) is 0 Å². The Morgan fingerprint density at radius 2 is 2.06 bits per heavy atom. The molecule has 0 aliphatic heterocycles. The maximum absolute atomic E-state index is 10.7. The molecule has 0 radical (unpaired) electrons. The lowest BCUT2D eigenvalue weighted by molar-refractivity contribution is -0.384. The average molecular weight is 221 g/mol. The molecule has 0 heterocycles. The third kappa shape index (κ3) is 3.53. The van der Waals surface area contributed by atoms with Gasteiger partial charge in [0, 0.05) is 24.6 Å². The van der Waals surface area contributed by atoms with Crippen molar-refractivity contribution < 1.29 is 14.5 Å². The van der Waals surface area contributed by atoms with Crippen LogP contribution in [0.1, 0.15) is 5.56 Å². The summed E-state index contributed by atoms with van der Waals surface area (Å²) in [4.78, 5) is 20.6. The first-order chi connectivity index (χ1) is 7.63. The van der Waals surface area contributed by atoms with Gasteiger partial charge in [-0.05, 0) is 5.56 Å². The largest absolute Gasteiger partial charge is 0.462 e. The molecule has 0 amide bonds. The summed E-state index contributed by atoms with van der Waals surface area (Å²) < 4.78 is 4.78. The van der Waals surface area contributed by atoms with Crippen LogP contribution in [0.2, 0.25) is 0 Å². The topological polar surface area (TPSA) is 69.4 Å². The zero-order valence-corrected chi connectivity index (χ0v) is 8.59. The van der Waals surface area contributed by atoms with Crippen molar-refractivity contribution in [2.75, 3.05) is 6.61 Å². The van der Waals surface area contributed by atoms with Crippen molar-refractivity contribution in [2.45, 2.75) is 6.42 Å². The Labute approximate surface area is 92.5 Å². The number of ether oxygens (including phenoxy) is 1. The van der Waals surface area contributed by atoms with Crippen LogP contribution in [0.25, 0.3) is 0 Å². The smallest absolute Gasteiger partial charge is 0.330 e. The zero-order chi connectivity index (χ0) is 12.0. The van der Waals surface area contributed by atoms with Gasteiger partial charge in [0.05, 0.1) is 11.5 Å². The van der Waals surface area contributed by atoms with Gasteiger partial charge in [-0.25, -0.2) is 4.79 Å². The third-order valence-electron chi connectivity index (χ3n) is 1.95. The number of hydrogen-bond acceptors (Lipinski definition) is 4. The fourth-order valence-electron chi connectivity index (χ4n) is 1.11. The average Bonchev–Trinajstić information content (AvgIpc) is 2.29. The molecular formula is C11H11NO4. The Hall–Kier alpha value is -2.17. The summed E-state index contributed by atoms with van der Waals surface area (Å²) in [5.41, 5.74) is 0.925. The van der Waals surface area contributed by atoms with Crippen LogP contribution in [0.5, 0.6) is 0 Å². The van der Waals surface area contributed by atoms with Crippen LogP contribution in [0.3, 0.4) is 0 Å². The minimum atomic E-state index is -0.470. The van der Waals surface area contributed by atoms with Crippen LogP contribution in [0.4, 0.5) is 5.69 Å². The fourth-order valence-corrected chi connectivity index (χ4v) is 1.11. The lowest BCUT2D eigenvalue weighted by atomic mass is 10.1. The molecule has 0 aliphatic rings. The summed E-state index contributed by atoms with van der Waals surface area (Å²) in [6.45, 7) is 3.51. The van der Waals surface area contributed by atoms with E-state index in [9.17, 15) is 14.9 Å². The van der Waals surface area contributed by atoms with Gasteiger partial charge in [0.1, 0.15) is 0 Å². The van der Waals surface area contributed by atoms with Gasteiger partial charge in [0.15, 0.2) is 0 Å². The molecule has 0 aromatic heterocycles. The van der Waals surface area contributed by atoms with Crippen LogP contribution >= 0.6 is 0 Å². The highest BCUT2D eigenvalue weighted by Gasteiger charge is 2.04. The maximum Gasteiger partial charge on any atom is 0.330 e. The highest BCUT2D eigenvalue weighted by molar-refractivity contribution is 5.81. The van der Waals surface area contributed by atoms with Crippen LogP contribution in [-0.4, -0.2) is 17.5 Å². The molecule has 0 bridgehead atoms. The van der Waals surface area contributed by atoms with E-state index in [-0.39, 0.29) is 12.3 Å². The van der Waals surface area contributed by atoms with E-state index < -0.39 is 10.9 Å². The standard InChI is InChI=1S/C11H11NO4/c1-2-11(13)16-8-7-9-3-5-10(6-4-9)12(14)15/h2-6H,1,7-8H2. The van der Waals surface area contributed by atoms with Crippen LogP contribution in [-0.2, 0) is 16.0 Å². The fraction of sp³-hybridized carbons (Fsp3) is 0.182. The summed E-state index contributed by atoms with van der Waals surface area (Å²) in [6.07, 6.45) is 1.62. The minimum absolute atomic E-state index is 0.0480. The first-order valence-electron chi connectivity index (χ1n) is 4.66. The van der Waals surface area contributed by atoms with Gasteiger partial charge < -0.3 is 4.74 Å². The molecule has 1 aromatic rings. The van der Waals surface area contributed by atoms with E-state index >= 15 is 0 Å². The molecule has 0 aliphatic carbocycles. The zero-order valence-electron chi connectivity index (χ0n) is 8.59. The number of nitro groups is 1. The first kappa shape index (κ1) is 11.9. The molecule has 1 aromatic carbocycles. The summed E-state index contributed by atoms with van der Waals surface area (Å²) in [7, 11) is 0. The molecule has 0 saturated heterocycles. The quantitative estimate of drug-likeness (QED) is 0.329. The second kappa shape index (κ2) is 5.65. The van der Waals surface area contributed by atoms with E-state index in [0.717, 1.165) is 11.6 Å². The van der Waals surface area contributed by atoms with Gasteiger partial charge in [0.25, 0.3) is 5.69 Å². The van der Waals surface area contributed by atoms with Crippen molar-refractivity contribution >= 4 is 11.7 Å². The van der Waals surface area contributed by atoms with Crippen LogP contribution in [0, 0.1) is 10.1 Å². The number of carbonyl (C=O) groups is 1. The van der Waals surface area contributed by atoms with E-state index in [1.54, 1.807) is 12.1 Å². The van der Waals surface area contributed by atoms with Gasteiger partial charge in [0.2, 0.25) is 0 Å². The number of rotatable bonds is 5. The predicted octanol–water partition coefficient (Wildman–Crippen LogP) is 1.87. The van der Waals surface area contributed by atoms with E-state index in [0.29, 0.717) is 6.42 Å². The van der Waals surface area contributed by atoms with Gasteiger partial charge in [-0.15, -0.1) is 0 Å². The Morgan fingerprint density at radius 3 is 2.56 bits per heavy atom. The molecule has 0 saturated carbocycles. The van der Waals surface area contributed by atoms with Crippen molar-refractivity contribution in [1.82, 2.24) is 0 Å². The Balaban J connectivity index is 2.46. The van der Waals surface area contributed by atoms with Gasteiger partial charge >= 0.3 is 5.97 Å². The highest BCUT2D eigenvalue weighted by Crippen LogP contribution is 2.12. The Morgan fingerprint density at radius 1 is 1.44 bits per heavy atom. The molecule has 0 fully saturated rings. The van der Waals surface area contributed by atoms with Gasteiger partial charge in [-0.2, -0.15) is 0 Å². The number of nitro benzene ring substituents is 1. The number of esters is 1. The highest BCUT2D eigenvalue weighted by atomic mass is 16.6. The molecule has 84 valence electrons. The molecule has 5 heteroatoms. The van der Waals surface area contributed by atoms with Crippen LogP contribution in [0.15, 0.2) is 36.9 Å². The summed E-state index contributed by atoms with van der Waals surface area (Å²) in [5.74, 6) is -0.470. The third-order valence-corrected chi connectivity index (χ3v) is 1.95. The molecule has 0 unspecified atom stereocenters. The van der Waals surface area contributed by atoms with Gasteiger partial charge in [-0.1, -0.05) is 18.7 Å². The number of benzene rings is 1. The second-order valence-corrected chi connectivity index (χ2v) is 3.05. The SMILES string of the molecule is C=CC(=O)OCCc1ccc([N+](=O)[O-])cc1. The van der Waals surface area contributed by atoms with Crippen molar-refractivity contribution in [3.8, 4) is 0 Å². The maximum atomic E-state index is 10.7. The molecule has 5 nitrogen and oxygen atoms in total. The monoisotopic (exact) mass is 221 g/mol. The van der Waals surface area contributed by atoms with Crippen molar-refractivity contribution in [2.24, 2.45) is 0 Å². The lowest BCUT2D eigenvalue weighted by Gasteiger charge is -2.01. The second-order valence-electron chi connectivity index (χ2n) is 3.05. The Kier molecular flexibility index (Phi) is 4.20. The van der Waals surface area contributed by atoms with Crippen LogP contribution < -0.4 is 0 Å². The number of hydrogen-bond donors (Lipinski definition) is 0. The lowest BCUT2D eigenvalue weighted by Crippen LogP contribution is -2.04. The number of nitrogens with zero attached hydrogens (tertiary/aromatic N) is 1. The molecule has 0 atom stereocenters. The number of carbonyl (C=O) groups excluding carboxylic acids is 1. The van der Waals surface area contributed by atoms with Crippen molar-refractivity contribution in [1.29, 1.82) is 0 Å². The minimum Gasteiger partial charge on any atom is -0.462 e. The molecule has 0 spiro atoms. The normalized spacial score (nSPS) is 9.50. The number of non-ortho nitro benzene ring substituents is 1.